The Hall–Kier alpha value is -1.67. The van der Waals surface area contributed by atoms with Crippen LogP contribution in [0.5, 0.6) is 0 Å². The molecule has 0 aliphatic rings. The summed E-state index contributed by atoms with van der Waals surface area (Å²) in [5, 5.41) is 3.28. The molecule has 0 heterocycles. The molecule has 2 rings (SSSR count). The van der Waals surface area contributed by atoms with Gasteiger partial charge in [0, 0.05) is 12.0 Å². The van der Waals surface area contributed by atoms with Crippen LogP contribution in [0.3, 0.4) is 0 Å². The molecule has 0 amide bonds. The van der Waals surface area contributed by atoms with Crippen molar-refractivity contribution in [3.63, 3.8) is 0 Å². The van der Waals surface area contributed by atoms with Crippen LogP contribution in [-0.4, -0.2) is 13.6 Å². The minimum absolute atomic E-state index is 0.0712. The minimum atomic E-state index is -0.114. The predicted molar refractivity (Wildman–Crippen MR) is 82.4 cm³/mol. The number of nitrogens with one attached hydrogen (secondary N) is 1. The van der Waals surface area contributed by atoms with Crippen molar-refractivity contribution in [3.8, 4) is 0 Å². The summed E-state index contributed by atoms with van der Waals surface area (Å²) in [4.78, 5) is 0. The molecule has 0 aliphatic heterocycles. The van der Waals surface area contributed by atoms with Crippen molar-refractivity contribution in [2.45, 2.75) is 25.2 Å². The summed E-state index contributed by atoms with van der Waals surface area (Å²) in [6.45, 7) is 3.01. The van der Waals surface area contributed by atoms with Crippen molar-refractivity contribution in [3.05, 3.63) is 71.5 Å². The normalized spacial score (nSPS) is 13.9. The summed E-state index contributed by atoms with van der Waals surface area (Å²) in [6, 6.07) is 17.5. The second-order valence-corrected chi connectivity index (χ2v) is 5.30. The van der Waals surface area contributed by atoms with Crippen molar-refractivity contribution < 1.29 is 4.39 Å². The van der Waals surface area contributed by atoms with Crippen molar-refractivity contribution in [1.29, 1.82) is 0 Å². The van der Waals surface area contributed by atoms with Crippen LogP contribution in [0.2, 0.25) is 0 Å². The lowest BCUT2D eigenvalue weighted by Gasteiger charge is -2.34. The molecule has 0 aliphatic carbocycles. The van der Waals surface area contributed by atoms with Gasteiger partial charge in [-0.1, -0.05) is 55.5 Å². The molecular formula is C18H22FN. The van der Waals surface area contributed by atoms with Gasteiger partial charge >= 0.3 is 0 Å². The average Bonchev–Trinajstić information content (AvgIpc) is 2.50. The van der Waals surface area contributed by atoms with Crippen LogP contribution in [0.1, 0.15) is 24.5 Å². The first-order valence-electron chi connectivity index (χ1n) is 7.15. The first kappa shape index (κ1) is 14.7. The fourth-order valence-corrected chi connectivity index (χ4v) is 2.86. The molecular weight excluding hydrogens is 249 g/mol. The van der Waals surface area contributed by atoms with Gasteiger partial charge in [0.25, 0.3) is 0 Å². The van der Waals surface area contributed by atoms with E-state index in [9.17, 15) is 4.39 Å². The Morgan fingerprint density at radius 1 is 1.00 bits per heavy atom. The third kappa shape index (κ3) is 3.07. The molecule has 0 aromatic heterocycles. The third-order valence-corrected chi connectivity index (χ3v) is 4.06. The highest BCUT2D eigenvalue weighted by molar-refractivity contribution is 5.30. The smallest absolute Gasteiger partial charge is 0.126 e. The fraction of sp³-hybridized carbons (Fsp3) is 0.333. The number of hydrogen-bond donors (Lipinski definition) is 1. The van der Waals surface area contributed by atoms with Crippen LogP contribution in [-0.2, 0) is 11.8 Å². The van der Waals surface area contributed by atoms with Gasteiger partial charge in [-0.05, 0) is 37.1 Å². The summed E-state index contributed by atoms with van der Waals surface area (Å²) in [5.41, 5.74) is 1.98. The Kier molecular flexibility index (Phi) is 4.91. The molecule has 0 saturated heterocycles. The molecule has 20 heavy (non-hydrogen) atoms. The molecule has 2 aromatic carbocycles. The van der Waals surface area contributed by atoms with Gasteiger partial charge in [0.1, 0.15) is 5.82 Å². The largest absolute Gasteiger partial charge is 0.319 e. The van der Waals surface area contributed by atoms with E-state index >= 15 is 0 Å². The lowest BCUT2D eigenvalue weighted by Crippen LogP contribution is -2.38. The van der Waals surface area contributed by atoms with Crippen LogP contribution in [0, 0.1) is 5.82 Å². The first-order valence-corrected chi connectivity index (χ1v) is 7.15. The minimum Gasteiger partial charge on any atom is -0.319 e. The zero-order chi connectivity index (χ0) is 14.4. The molecule has 0 radical (unpaired) electrons. The molecule has 2 aromatic rings. The molecule has 0 saturated carbocycles. The SMILES string of the molecule is CCC(CNC)(Cc1ccccc1F)c1ccccc1. The van der Waals surface area contributed by atoms with E-state index < -0.39 is 0 Å². The Labute approximate surface area is 120 Å². The van der Waals surface area contributed by atoms with E-state index in [0.29, 0.717) is 6.42 Å². The number of halogens is 1. The third-order valence-electron chi connectivity index (χ3n) is 4.06. The Bertz CT molecular complexity index is 538. The Balaban J connectivity index is 2.40. The fourth-order valence-electron chi connectivity index (χ4n) is 2.86. The maximum atomic E-state index is 14.0. The molecule has 0 fully saturated rings. The van der Waals surface area contributed by atoms with Crippen molar-refractivity contribution in [2.24, 2.45) is 0 Å². The van der Waals surface area contributed by atoms with E-state index in [1.54, 1.807) is 12.1 Å². The van der Waals surface area contributed by atoms with E-state index in [4.69, 9.17) is 0 Å². The number of rotatable bonds is 6. The summed E-state index contributed by atoms with van der Waals surface area (Å²) in [6.07, 6.45) is 1.67. The number of benzene rings is 2. The van der Waals surface area contributed by atoms with E-state index in [-0.39, 0.29) is 11.2 Å². The van der Waals surface area contributed by atoms with Crippen LogP contribution in [0.15, 0.2) is 54.6 Å². The van der Waals surface area contributed by atoms with Crippen LogP contribution in [0.4, 0.5) is 4.39 Å². The summed E-state index contributed by atoms with van der Waals surface area (Å²) >= 11 is 0. The van der Waals surface area contributed by atoms with Gasteiger partial charge in [0.15, 0.2) is 0 Å². The molecule has 1 unspecified atom stereocenters. The summed E-state index contributed by atoms with van der Waals surface area (Å²) in [7, 11) is 1.95. The maximum absolute atomic E-state index is 14.0. The Morgan fingerprint density at radius 3 is 2.25 bits per heavy atom. The molecule has 1 nitrogen and oxygen atoms in total. The van der Waals surface area contributed by atoms with E-state index in [2.05, 4.69) is 36.5 Å². The highest BCUT2D eigenvalue weighted by Gasteiger charge is 2.30. The van der Waals surface area contributed by atoms with Gasteiger partial charge in [-0.3, -0.25) is 0 Å². The molecule has 0 bridgehead atoms. The maximum Gasteiger partial charge on any atom is 0.126 e. The van der Waals surface area contributed by atoms with E-state index in [0.717, 1.165) is 18.5 Å². The van der Waals surface area contributed by atoms with Gasteiger partial charge < -0.3 is 5.32 Å². The molecule has 1 atom stereocenters. The second-order valence-electron chi connectivity index (χ2n) is 5.30. The van der Waals surface area contributed by atoms with Gasteiger partial charge in [-0.15, -0.1) is 0 Å². The van der Waals surface area contributed by atoms with Gasteiger partial charge in [0.05, 0.1) is 0 Å². The number of likely N-dealkylation sites (N-methyl/N-ethyl adjacent to an activating group) is 1. The van der Waals surface area contributed by atoms with Crippen molar-refractivity contribution in [2.75, 3.05) is 13.6 Å². The lowest BCUT2D eigenvalue weighted by atomic mass is 9.73. The molecule has 2 heteroatoms. The summed E-state index contributed by atoms with van der Waals surface area (Å²) in [5.74, 6) is -0.114. The Morgan fingerprint density at radius 2 is 1.65 bits per heavy atom. The predicted octanol–water partition coefficient (Wildman–Crippen LogP) is 3.94. The molecule has 1 N–H and O–H groups in total. The lowest BCUT2D eigenvalue weighted by molar-refractivity contribution is 0.384. The van der Waals surface area contributed by atoms with Crippen LogP contribution >= 0.6 is 0 Å². The van der Waals surface area contributed by atoms with Crippen LogP contribution in [0.25, 0.3) is 0 Å². The van der Waals surface area contributed by atoms with Gasteiger partial charge in [-0.2, -0.15) is 0 Å². The average molecular weight is 271 g/mol. The van der Waals surface area contributed by atoms with Gasteiger partial charge in [-0.25, -0.2) is 4.39 Å². The monoisotopic (exact) mass is 271 g/mol. The highest BCUT2D eigenvalue weighted by atomic mass is 19.1. The van der Waals surface area contributed by atoms with E-state index in [1.165, 1.54) is 5.56 Å². The zero-order valence-electron chi connectivity index (χ0n) is 12.2. The van der Waals surface area contributed by atoms with E-state index in [1.807, 2.05) is 25.2 Å². The van der Waals surface area contributed by atoms with Crippen molar-refractivity contribution in [1.82, 2.24) is 5.32 Å². The number of hydrogen-bond acceptors (Lipinski definition) is 1. The standard InChI is InChI=1S/C18H22FN/c1-3-18(14-20-2,16-10-5-4-6-11-16)13-15-9-7-8-12-17(15)19/h4-12,20H,3,13-14H2,1-2H3. The van der Waals surface area contributed by atoms with Crippen LogP contribution < -0.4 is 5.32 Å². The molecule has 106 valence electrons. The van der Waals surface area contributed by atoms with Crippen molar-refractivity contribution >= 4 is 0 Å². The molecule has 0 spiro atoms. The quantitative estimate of drug-likeness (QED) is 0.839. The highest BCUT2D eigenvalue weighted by Crippen LogP contribution is 2.32. The summed E-state index contributed by atoms with van der Waals surface area (Å²) < 4.78 is 14.0. The zero-order valence-corrected chi connectivity index (χ0v) is 12.2. The van der Waals surface area contributed by atoms with Gasteiger partial charge in [0.2, 0.25) is 0 Å². The first-order chi connectivity index (χ1) is 9.72. The second kappa shape index (κ2) is 6.67. The topological polar surface area (TPSA) is 12.0 Å².